The van der Waals surface area contributed by atoms with Crippen molar-refractivity contribution in [2.45, 2.75) is 13.8 Å². The highest BCUT2D eigenvalue weighted by atomic mass is 16.6. The Hall–Kier alpha value is -1.58. The molecule has 0 spiro atoms. The Kier molecular flexibility index (Phi) is 3.06. The van der Waals surface area contributed by atoms with Crippen molar-refractivity contribution in [1.82, 2.24) is 4.57 Å². The topological polar surface area (TPSA) is 48.1 Å². The first-order valence-electron chi connectivity index (χ1n) is 4.48. The lowest BCUT2D eigenvalue weighted by Gasteiger charge is -2.00. The predicted molar refractivity (Wildman–Crippen MR) is 55.2 cm³/mol. The fourth-order valence-corrected chi connectivity index (χ4v) is 1.21. The molecule has 0 atom stereocenters. The van der Waals surface area contributed by atoms with E-state index in [1.807, 2.05) is 43.9 Å². The quantitative estimate of drug-likeness (QED) is 0.547. The Morgan fingerprint density at radius 3 is 2.64 bits per heavy atom. The summed E-state index contributed by atoms with van der Waals surface area (Å²) in [5.74, 6) is -0.0646. The summed E-state index contributed by atoms with van der Waals surface area (Å²) in [6.45, 7) is 3.63. The van der Waals surface area contributed by atoms with Crippen LogP contribution in [0.15, 0.2) is 24.2 Å². The minimum atomic E-state index is -0.322. The number of hydrogen-bond donors (Lipinski definition) is 0. The first-order chi connectivity index (χ1) is 6.50. The summed E-state index contributed by atoms with van der Waals surface area (Å²) in [5, 5.41) is 10.7. The molecule has 4 nitrogen and oxygen atoms in total. The second-order valence-corrected chi connectivity index (χ2v) is 3.59. The maximum absolute atomic E-state index is 10.7. The summed E-state index contributed by atoms with van der Waals surface area (Å²) in [6.07, 6.45) is 5.33. The number of aromatic nitrogens is 1. The Morgan fingerprint density at radius 2 is 2.29 bits per heavy atom. The number of nitro groups is 1. The monoisotopic (exact) mass is 194 g/mol. The summed E-state index contributed by atoms with van der Waals surface area (Å²) in [5.41, 5.74) is 1.11. The molecule has 1 rings (SSSR count). The van der Waals surface area contributed by atoms with Crippen molar-refractivity contribution in [2.75, 3.05) is 0 Å². The molecule has 0 aliphatic rings. The van der Waals surface area contributed by atoms with Crippen molar-refractivity contribution < 1.29 is 4.92 Å². The molecule has 0 N–H and O–H groups in total. The molecule has 0 aromatic carbocycles. The third-order valence-electron chi connectivity index (χ3n) is 1.97. The van der Waals surface area contributed by atoms with Gasteiger partial charge in [0.2, 0.25) is 5.70 Å². The number of aryl methyl sites for hydroxylation is 1. The molecule has 14 heavy (non-hydrogen) atoms. The van der Waals surface area contributed by atoms with Gasteiger partial charge in [-0.15, -0.1) is 0 Å². The Bertz CT molecular complexity index is 364. The van der Waals surface area contributed by atoms with E-state index in [0.29, 0.717) is 0 Å². The maximum atomic E-state index is 10.7. The van der Waals surface area contributed by atoms with E-state index < -0.39 is 0 Å². The third kappa shape index (κ3) is 2.45. The van der Waals surface area contributed by atoms with Crippen LogP contribution in [-0.2, 0) is 7.05 Å². The molecule has 0 unspecified atom stereocenters. The van der Waals surface area contributed by atoms with Crippen LogP contribution in [0.5, 0.6) is 0 Å². The van der Waals surface area contributed by atoms with E-state index in [0.717, 1.165) is 5.56 Å². The summed E-state index contributed by atoms with van der Waals surface area (Å²) in [7, 11) is 1.89. The van der Waals surface area contributed by atoms with Crippen molar-refractivity contribution in [2.24, 2.45) is 13.0 Å². The zero-order chi connectivity index (χ0) is 10.7. The molecule has 0 saturated carbocycles. The van der Waals surface area contributed by atoms with Gasteiger partial charge < -0.3 is 4.57 Å². The highest BCUT2D eigenvalue weighted by Gasteiger charge is 2.15. The molecule has 1 heterocycles. The van der Waals surface area contributed by atoms with E-state index in [4.69, 9.17) is 0 Å². The smallest absolute Gasteiger partial charge is 0.249 e. The first-order valence-corrected chi connectivity index (χ1v) is 4.48. The second-order valence-electron chi connectivity index (χ2n) is 3.59. The van der Waals surface area contributed by atoms with Gasteiger partial charge in [0.1, 0.15) is 0 Å². The van der Waals surface area contributed by atoms with Gasteiger partial charge in [0, 0.05) is 31.4 Å². The van der Waals surface area contributed by atoms with E-state index in [9.17, 15) is 10.1 Å². The van der Waals surface area contributed by atoms with E-state index in [1.165, 1.54) is 0 Å². The summed E-state index contributed by atoms with van der Waals surface area (Å²) in [4.78, 5) is 10.4. The highest BCUT2D eigenvalue weighted by Crippen LogP contribution is 2.15. The van der Waals surface area contributed by atoms with Gasteiger partial charge >= 0.3 is 0 Å². The molecule has 0 radical (unpaired) electrons. The Balaban J connectivity index is 2.99. The minimum absolute atomic E-state index is 0.0646. The molecule has 1 aromatic rings. The summed E-state index contributed by atoms with van der Waals surface area (Å²) < 4.78 is 1.86. The Morgan fingerprint density at radius 1 is 1.64 bits per heavy atom. The van der Waals surface area contributed by atoms with Gasteiger partial charge in [-0.2, -0.15) is 0 Å². The number of hydrogen-bond acceptors (Lipinski definition) is 2. The fraction of sp³-hybridized carbons (Fsp3) is 0.400. The molecule has 0 aliphatic heterocycles. The van der Waals surface area contributed by atoms with Crippen LogP contribution in [0.2, 0.25) is 0 Å². The van der Waals surface area contributed by atoms with Gasteiger partial charge in [-0.3, -0.25) is 10.1 Å². The maximum Gasteiger partial charge on any atom is 0.249 e. The molecule has 0 fully saturated rings. The molecule has 1 aromatic heterocycles. The van der Waals surface area contributed by atoms with Crippen LogP contribution in [0.1, 0.15) is 19.4 Å². The average Bonchev–Trinajstić information content (AvgIpc) is 2.46. The van der Waals surface area contributed by atoms with E-state index in [1.54, 1.807) is 6.08 Å². The third-order valence-corrected chi connectivity index (χ3v) is 1.97. The standard InChI is InChI=1S/C10H14N2O2/c1-8(2)10(12(13)14)6-9-4-5-11(3)7-9/h4-8H,1-3H3/b10-6-. The van der Waals surface area contributed by atoms with Crippen molar-refractivity contribution in [3.05, 3.63) is 39.8 Å². The van der Waals surface area contributed by atoms with E-state index in [2.05, 4.69) is 0 Å². The lowest BCUT2D eigenvalue weighted by molar-refractivity contribution is -0.431. The van der Waals surface area contributed by atoms with Crippen LogP contribution in [0.4, 0.5) is 0 Å². The molecule has 0 bridgehead atoms. The second kappa shape index (κ2) is 4.09. The molecule has 4 heteroatoms. The van der Waals surface area contributed by atoms with Crippen molar-refractivity contribution in [3.63, 3.8) is 0 Å². The number of nitrogens with zero attached hydrogens (tertiary/aromatic N) is 2. The van der Waals surface area contributed by atoms with Crippen LogP contribution < -0.4 is 0 Å². The average molecular weight is 194 g/mol. The predicted octanol–water partition coefficient (Wildman–Crippen LogP) is 2.30. The number of rotatable bonds is 3. The van der Waals surface area contributed by atoms with Gasteiger partial charge in [-0.05, 0) is 11.6 Å². The van der Waals surface area contributed by atoms with E-state index >= 15 is 0 Å². The number of allylic oxidation sites excluding steroid dienone is 1. The molecular weight excluding hydrogens is 180 g/mol. The van der Waals surface area contributed by atoms with E-state index in [-0.39, 0.29) is 16.5 Å². The van der Waals surface area contributed by atoms with Crippen molar-refractivity contribution >= 4 is 6.08 Å². The molecule has 0 aliphatic carbocycles. The Labute approximate surface area is 83.0 Å². The lowest BCUT2D eigenvalue weighted by atomic mass is 10.1. The molecular formula is C10H14N2O2. The zero-order valence-corrected chi connectivity index (χ0v) is 8.60. The zero-order valence-electron chi connectivity index (χ0n) is 8.60. The van der Waals surface area contributed by atoms with Crippen LogP contribution >= 0.6 is 0 Å². The highest BCUT2D eigenvalue weighted by molar-refractivity contribution is 5.50. The minimum Gasteiger partial charge on any atom is -0.357 e. The van der Waals surface area contributed by atoms with Gasteiger partial charge in [-0.1, -0.05) is 13.8 Å². The van der Waals surface area contributed by atoms with Crippen molar-refractivity contribution in [1.29, 1.82) is 0 Å². The largest absolute Gasteiger partial charge is 0.357 e. The van der Waals surface area contributed by atoms with Crippen LogP contribution in [0.25, 0.3) is 6.08 Å². The van der Waals surface area contributed by atoms with Crippen LogP contribution in [0.3, 0.4) is 0 Å². The fourth-order valence-electron chi connectivity index (χ4n) is 1.21. The first kappa shape index (κ1) is 10.5. The van der Waals surface area contributed by atoms with Gasteiger partial charge in [0.05, 0.1) is 4.92 Å². The van der Waals surface area contributed by atoms with Crippen LogP contribution in [0, 0.1) is 16.0 Å². The molecule has 0 amide bonds. The molecule has 76 valence electrons. The normalized spacial score (nSPS) is 12.1. The summed E-state index contributed by atoms with van der Waals surface area (Å²) >= 11 is 0. The van der Waals surface area contributed by atoms with Gasteiger partial charge in [0.25, 0.3) is 0 Å². The summed E-state index contributed by atoms with van der Waals surface area (Å²) in [6, 6.07) is 1.85. The molecule has 0 saturated heterocycles. The SMILES string of the molecule is CC(C)/C(=C/c1ccn(C)c1)[N+](=O)[O-]. The van der Waals surface area contributed by atoms with Gasteiger partial charge in [-0.25, -0.2) is 0 Å². The lowest BCUT2D eigenvalue weighted by Crippen LogP contribution is -2.05. The van der Waals surface area contributed by atoms with Crippen LogP contribution in [-0.4, -0.2) is 9.49 Å². The van der Waals surface area contributed by atoms with Crippen molar-refractivity contribution in [3.8, 4) is 0 Å². The van der Waals surface area contributed by atoms with Gasteiger partial charge in [0.15, 0.2) is 0 Å².